The number of aromatic amines is 1. The normalized spacial score (nSPS) is 24.0. The van der Waals surface area contributed by atoms with Gasteiger partial charge in [-0.25, -0.2) is 0 Å². The molecule has 0 radical (unpaired) electrons. The van der Waals surface area contributed by atoms with E-state index in [1.807, 2.05) is 37.4 Å². The minimum Gasteiger partial charge on any atom is -0.508 e. The second kappa shape index (κ2) is 19.6. The molecule has 12 nitrogen and oxygen atoms in total. The summed E-state index contributed by atoms with van der Waals surface area (Å²) in [6, 6.07) is 19.6. The zero-order chi connectivity index (χ0) is 47.0. The van der Waals surface area contributed by atoms with Crippen molar-refractivity contribution in [3.8, 4) is 51.7 Å². The third-order valence-electron chi connectivity index (χ3n) is 15.0. The van der Waals surface area contributed by atoms with Crippen molar-refractivity contribution in [1.82, 2.24) is 20.9 Å². The van der Waals surface area contributed by atoms with Crippen LogP contribution in [-0.2, 0) is 30.4 Å². The lowest BCUT2D eigenvalue weighted by Gasteiger charge is -2.50. The first-order valence-electron chi connectivity index (χ1n) is 25.0. The molecule has 0 spiro atoms. The quantitative estimate of drug-likeness (QED) is 0.0307. The number of aromatic hydroxyl groups is 2. The van der Waals surface area contributed by atoms with Gasteiger partial charge in [0.1, 0.15) is 35.0 Å². The third-order valence-corrected chi connectivity index (χ3v) is 15.0. The SMILES string of the molecule is CC(C)C[C@@](C)(O)CNCN[C@H]1C#CCCOc2cc(ccc2O)[C@H]2Oc3c(c4c(c5c3CC[C@H](CO)O5)-c3ccc(O)cc3[C@@H](Cc3ccc5[nH]ccc5c3)C4)C[C@]12OCNC1CCCCC1. The average molecular weight is 925 g/mol. The molecule has 1 fully saturated rings. The minimum atomic E-state index is -1.16. The summed E-state index contributed by atoms with van der Waals surface area (Å²) in [5.41, 5.74) is 7.11. The van der Waals surface area contributed by atoms with Gasteiger partial charge >= 0.3 is 0 Å². The zero-order valence-corrected chi connectivity index (χ0v) is 39.8. The number of fused-ring (bicyclic) bond motifs is 13. The van der Waals surface area contributed by atoms with Crippen molar-refractivity contribution in [2.24, 2.45) is 5.92 Å². The Morgan fingerprint density at radius 1 is 0.941 bits per heavy atom. The van der Waals surface area contributed by atoms with Crippen molar-refractivity contribution in [3.05, 3.63) is 100 Å². The highest BCUT2D eigenvalue weighted by molar-refractivity contribution is 5.85. The number of hydrogen-bond acceptors (Lipinski definition) is 11. The fraction of sp³-hybridized carbons (Fsp3) is 0.500. The minimum absolute atomic E-state index is 0.0103. The predicted molar refractivity (Wildman–Crippen MR) is 263 cm³/mol. The van der Waals surface area contributed by atoms with Gasteiger partial charge in [-0.3, -0.25) is 10.6 Å². The summed E-state index contributed by atoms with van der Waals surface area (Å²) in [4.78, 5) is 3.33. The Kier molecular flexibility index (Phi) is 13.4. The molecule has 2 aliphatic carbocycles. The molecule has 10 rings (SSSR count). The number of ether oxygens (including phenoxy) is 4. The van der Waals surface area contributed by atoms with Crippen molar-refractivity contribution < 1.29 is 39.4 Å². The van der Waals surface area contributed by atoms with Crippen molar-refractivity contribution in [1.29, 1.82) is 0 Å². The molecule has 4 aromatic carbocycles. The number of hydrogen-bond donors (Lipinski definition) is 8. The van der Waals surface area contributed by atoms with Gasteiger partial charge in [-0.1, -0.05) is 63.1 Å². The summed E-state index contributed by atoms with van der Waals surface area (Å²) in [5.74, 6) is 9.47. The molecule has 3 aliphatic heterocycles. The van der Waals surface area contributed by atoms with Crippen LogP contribution < -0.4 is 30.2 Å². The van der Waals surface area contributed by atoms with Crippen LogP contribution in [0.3, 0.4) is 0 Å². The van der Waals surface area contributed by atoms with E-state index in [0.717, 1.165) is 74.9 Å². The van der Waals surface area contributed by atoms with E-state index in [0.29, 0.717) is 75.2 Å². The number of phenolic OH excluding ortho intramolecular Hbond substituents is 2. The third kappa shape index (κ3) is 9.41. The monoisotopic (exact) mass is 925 g/mol. The second-order valence-electron chi connectivity index (χ2n) is 20.6. The van der Waals surface area contributed by atoms with Crippen LogP contribution in [0.4, 0.5) is 0 Å². The molecule has 5 aliphatic rings. The Hall–Kier alpha value is -5.26. The number of aliphatic hydroxyl groups excluding tert-OH is 1. The number of nitrogens with one attached hydrogen (secondary N) is 4. The number of H-pyrrole nitrogens is 1. The predicted octanol–water partition coefficient (Wildman–Crippen LogP) is 8.21. The van der Waals surface area contributed by atoms with Gasteiger partial charge in [-0.2, -0.15) is 0 Å². The largest absolute Gasteiger partial charge is 0.508 e. The van der Waals surface area contributed by atoms with Crippen molar-refractivity contribution in [2.75, 3.05) is 33.2 Å². The van der Waals surface area contributed by atoms with Gasteiger partial charge < -0.3 is 49.7 Å². The van der Waals surface area contributed by atoms with Crippen LogP contribution in [0, 0.1) is 17.8 Å². The summed E-state index contributed by atoms with van der Waals surface area (Å²) in [5, 5.41) is 56.3. The standard InChI is InChI=1S/C56H68N4O8/c1-34(2)28-55(3,64)31-57-32-59-50-11-7-8-22-65-49-26-37(13-19-48(49)63)54-56(50,66-33-60-39-9-5-4-6-10-39)29-46-45-25-38(24-35-12-18-47-36(23-35)20-21-58-47)44-27-40(62)14-16-42(44)51(45)53-43(52(46)68-54)17-15-41(30-61)67-53/h12-14,16,18-21,23,26-27,34,38-39,41,50,54,57-64H,4-6,8-10,15,17,22,24-25,28-33H2,1-3H3/t38-,41+,50-,54+,55+,56-/m0/s1. The first kappa shape index (κ1) is 46.5. The zero-order valence-electron chi connectivity index (χ0n) is 39.8. The molecule has 2 bridgehead atoms. The van der Waals surface area contributed by atoms with E-state index in [1.165, 1.54) is 24.8 Å². The maximum Gasteiger partial charge on any atom is 0.161 e. The number of aliphatic hydroxyl groups is 2. The van der Waals surface area contributed by atoms with Gasteiger partial charge in [0.05, 0.1) is 25.5 Å². The van der Waals surface area contributed by atoms with Crippen LogP contribution in [0.15, 0.2) is 66.9 Å². The highest BCUT2D eigenvalue weighted by Gasteiger charge is 2.54. The lowest BCUT2D eigenvalue weighted by Crippen LogP contribution is -2.62. The van der Waals surface area contributed by atoms with E-state index in [-0.39, 0.29) is 43.5 Å². The van der Waals surface area contributed by atoms with Gasteiger partial charge in [0.2, 0.25) is 0 Å². The molecular formula is C56H68N4O8. The van der Waals surface area contributed by atoms with Crippen LogP contribution >= 0.6 is 0 Å². The maximum atomic E-state index is 11.3. The molecule has 68 heavy (non-hydrogen) atoms. The lowest BCUT2D eigenvalue weighted by molar-refractivity contribution is -0.144. The van der Waals surface area contributed by atoms with Crippen LogP contribution in [0.25, 0.3) is 22.0 Å². The molecule has 1 aromatic heterocycles. The number of aromatic nitrogens is 1. The summed E-state index contributed by atoms with van der Waals surface area (Å²) < 4.78 is 28.2. The Labute approximate surface area is 400 Å². The van der Waals surface area contributed by atoms with Gasteiger partial charge in [0.15, 0.2) is 17.6 Å². The van der Waals surface area contributed by atoms with Gasteiger partial charge in [-0.15, -0.1) is 0 Å². The highest BCUT2D eigenvalue weighted by atomic mass is 16.6. The molecule has 0 saturated heterocycles. The van der Waals surface area contributed by atoms with Crippen molar-refractivity contribution in [2.45, 2.75) is 139 Å². The second-order valence-corrected chi connectivity index (χ2v) is 20.6. The average Bonchev–Trinajstić information content (AvgIpc) is 3.80. The van der Waals surface area contributed by atoms with E-state index in [9.17, 15) is 20.4 Å². The summed E-state index contributed by atoms with van der Waals surface area (Å²) in [6.45, 7) is 7.27. The first-order chi connectivity index (χ1) is 33.0. The first-order valence-corrected chi connectivity index (χ1v) is 25.0. The van der Waals surface area contributed by atoms with Crippen molar-refractivity contribution >= 4 is 10.9 Å². The van der Waals surface area contributed by atoms with Crippen molar-refractivity contribution in [3.63, 3.8) is 0 Å². The summed E-state index contributed by atoms with van der Waals surface area (Å²) in [7, 11) is 0. The van der Waals surface area contributed by atoms with Gasteiger partial charge in [0.25, 0.3) is 0 Å². The molecule has 12 heteroatoms. The van der Waals surface area contributed by atoms with E-state index < -0.39 is 23.3 Å². The topological polar surface area (TPSA) is 170 Å². The molecule has 1 saturated carbocycles. The van der Waals surface area contributed by atoms with E-state index >= 15 is 0 Å². The van der Waals surface area contributed by atoms with Gasteiger partial charge in [0, 0.05) is 60.5 Å². The molecule has 5 aromatic rings. The fourth-order valence-electron chi connectivity index (χ4n) is 11.9. The Bertz CT molecular complexity index is 2680. The Morgan fingerprint density at radius 2 is 1.81 bits per heavy atom. The molecule has 0 unspecified atom stereocenters. The smallest absolute Gasteiger partial charge is 0.161 e. The Balaban J connectivity index is 1.15. The summed E-state index contributed by atoms with van der Waals surface area (Å²) >= 11 is 0. The van der Waals surface area contributed by atoms with Crippen LogP contribution in [0.2, 0.25) is 0 Å². The Morgan fingerprint density at radius 3 is 2.65 bits per heavy atom. The lowest BCUT2D eigenvalue weighted by atomic mass is 9.69. The summed E-state index contributed by atoms with van der Waals surface area (Å²) in [6.07, 6.45) is 10.7. The molecule has 360 valence electrons. The number of benzene rings is 4. The van der Waals surface area contributed by atoms with E-state index in [2.05, 4.69) is 70.9 Å². The van der Waals surface area contributed by atoms with Gasteiger partial charge in [-0.05, 0) is 139 Å². The van der Waals surface area contributed by atoms with Crippen LogP contribution in [0.1, 0.15) is 118 Å². The molecule has 8 N–H and O–H groups in total. The molecule has 4 heterocycles. The molecule has 6 atom stereocenters. The number of phenols is 2. The van der Waals surface area contributed by atoms with E-state index in [4.69, 9.17) is 18.9 Å². The van der Waals surface area contributed by atoms with Crippen LogP contribution in [-0.4, -0.2) is 88.0 Å². The van der Waals surface area contributed by atoms with Crippen LogP contribution in [0.5, 0.6) is 28.7 Å². The van der Waals surface area contributed by atoms with E-state index in [1.54, 1.807) is 12.1 Å². The molecular weight excluding hydrogens is 857 g/mol. The molecule has 0 amide bonds. The fourth-order valence-corrected chi connectivity index (χ4v) is 11.9. The maximum absolute atomic E-state index is 11.3. The number of rotatable bonds is 14. The highest BCUT2D eigenvalue weighted by Crippen LogP contribution is 2.58.